The Morgan fingerprint density at radius 1 is 1.24 bits per heavy atom. The Labute approximate surface area is 170 Å². The average Bonchev–Trinajstić information content (AvgIpc) is 3.21. The summed E-state index contributed by atoms with van der Waals surface area (Å²) in [6, 6.07) is 7.14. The van der Waals surface area contributed by atoms with E-state index < -0.39 is 0 Å². The largest absolute Gasteiger partial charge is 0.493 e. The van der Waals surface area contributed by atoms with Crippen molar-refractivity contribution in [1.82, 2.24) is 14.9 Å². The maximum Gasteiger partial charge on any atom is 0.243 e. The molecule has 152 valence electrons. The molecular formula is C21H26N6O2. The van der Waals surface area contributed by atoms with E-state index in [4.69, 9.17) is 4.74 Å². The number of hydrogen-bond donors (Lipinski definition) is 2. The molecule has 1 unspecified atom stereocenters. The van der Waals surface area contributed by atoms with Gasteiger partial charge < -0.3 is 20.3 Å². The van der Waals surface area contributed by atoms with Crippen LogP contribution in [0.1, 0.15) is 18.1 Å². The number of aromatic nitrogens is 2. The molecule has 5 rings (SSSR count). The van der Waals surface area contributed by atoms with Crippen molar-refractivity contribution in [3.63, 3.8) is 0 Å². The summed E-state index contributed by atoms with van der Waals surface area (Å²) in [6.45, 7) is 7.10. The molecule has 0 radical (unpaired) electrons. The summed E-state index contributed by atoms with van der Waals surface area (Å²) in [6.07, 6.45) is 3.74. The number of ether oxygens (including phenoxy) is 1. The molecule has 1 aromatic carbocycles. The Hall–Kier alpha value is -2.87. The number of piperazine rings is 1. The van der Waals surface area contributed by atoms with Crippen LogP contribution in [0.3, 0.4) is 0 Å². The molecule has 4 heterocycles. The number of nitrogens with one attached hydrogen (secondary N) is 2. The number of anilines is 3. The lowest BCUT2D eigenvalue weighted by molar-refractivity contribution is -0.114. The van der Waals surface area contributed by atoms with Crippen molar-refractivity contribution in [2.75, 3.05) is 54.9 Å². The van der Waals surface area contributed by atoms with Crippen molar-refractivity contribution >= 4 is 23.4 Å². The molecule has 0 aliphatic carbocycles. The lowest BCUT2D eigenvalue weighted by Gasteiger charge is -2.38. The fourth-order valence-electron chi connectivity index (χ4n) is 4.28. The van der Waals surface area contributed by atoms with Gasteiger partial charge in [0.2, 0.25) is 11.9 Å². The normalized spacial score (nSPS) is 19.6. The predicted octanol–water partition coefficient (Wildman–Crippen LogP) is 1.53. The summed E-state index contributed by atoms with van der Waals surface area (Å²) in [4.78, 5) is 25.2. The molecule has 1 atom stereocenters. The van der Waals surface area contributed by atoms with Crippen LogP contribution in [0.25, 0.3) is 0 Å². The van der Waals surface area contributed by atoms with Gasteiger partial charge in [-0.25, -0.2) is 4.98 Å². The molecule has 1 aromatic heterocycles. The smallest absolute Gasteiger partial charge is 0.243 e. The molecule has 29 heavy (non-hydrogen) atoms. The van der Waals surface area contributed by atoms with E-state index in [1.807, 2.05) is 0 Å². The van der Waals surface area contributed by atoms with E-state index in [0.29, 0.717) is 17.5 Å². The second-order valence-corrected chi connectivity index (χ2v) is 7.95. The number of rotatable bonds is 4. The maximum absolute atomic E-state index is 11.4. The average molecular weight is 394 g/mol. The fourth-order valence-corrected chi connectivity index (χ4v) is 4.28. The third-order valence-corrected chi connectivity index (χ3v) is 5.98. The van der Waals surface area contributed by atoms with Gasteiger partial charge in [-0.05, 0) is 30.5 Å². The highest BCUT2D eigenvalue weighted by Crippen LogP contribution is 2.27. The maximum atomic E-state index is 11.4. The first-order valence-corrected chi connectivity index (χ1v) is 10.3. The highest BCUT2D eigenvalue weighted by molar-refractivity contribution is 5.99. The van der Waals surface area contributed by atoms with Gasteiger partial charge in [-0.3, -0.25) is 9.69 Å². The van der Waals surface area contributed by atoms with Crippen LogP contribution in [-0.2, 0) is 17.6 Å². The van der Waals surface area contributed by atoms with Crippen LogP contribution in [0, 0.1) is 0 Å². The van der Waals surface area contributed by atoms with Gasteiger partial charge in [0, 0.05) is 38.6 Å². The Balaban J connectivity index is 1.19. The number of fused-ring (bicyclic) bond motifs is 2. The molecule has 1 fully saturated rings. The van der Waals surface area contributed by atoms with Gasteiger partial charge in [0.05, 0.1) is 19.3 Å². The lowest BCUT2D eigenvalue weighted by atomic mass is 10.0. The molecule has 0 spiro atoms. The van der Waals surface area contributed by atoms with Gasteiger partial charge in [0.15, 0.2) is 5.82 Å². The van der Waals surface area contributed by atoms with Gasteiger partial charge in [-0.15, -0.1) is 0 Å². The monoisotopic (exact) mass is 394 g/mol. The van der Waals surface area contributed by atoms with E-state index in [-0.39, 0.29) is 12.5 Å². The number of nitrogens with zero attached hydrogens (tertiary/aromatic N) is 4. The third-order valence-electron chi connectivity index (χ3n) is 5.98. The van der Waals surface area contributed by atoms with Crippen LogP contribution in [0.5, 0.6) is 5.75 Å². The van der Waals surface area contributed by atoms with Crippen molar-refractivity contribution in [3.05, 3.63) is 35.5 Å². The first-order chi connectivity index (χ1) is 14.2. The molecular weight excluding hydrogens is 368 g/mol. The van der Waals surface area contributed by atoms with E-state index in [2.05, 4.69) is 55.5 Å². The van der Waals surface area contributed by atoms with Crippen LogP contribution in [-0.4, -0.2) is 66.1 Å². The molecule has 2 N–H and O–H groups in total. The molecule has 2 aromatic rings. The number of amides is 1. The first kappa shape index (κ1) is 18.2. The summed E-state index contributed by atoms with van der Waals surface area (Å²) in [5, 5.41) is 5.84. The molecule has 1 saturated heterocycles. The highest BCUT2D eigenvalue weighted by atomic mass is 16.5. The van der Waals surface area contributed by atoms with Gasteiger partial charge in [-0.2, -0.15) is 4.98 Å². The van der Waals surface area contributed by atoms with Crippen LogP contribution >= 0.6 is 0 Å². The zero-order valence-electron chi connectivity index (χ0n) is 16.6. The van der Waals surface area contributed by atoms with E-state index in [0.717, 1.165) is 57.3 Å². The van der Waals surface area contributed by atoms with Crippen molar-refractivity contribution in [1.29, 1.82) is 0 Å². The van der Waals surface area contributed by atoms with Gasteiger partial charge >= 0.3 is 0 Å². The van der Waals surface area contributed by atoms with Crippen LogP contribution < -0.4 is 20.3 Å². The number of benzene rings is 1. The number of carbonyl (C=O) groups excluding carboxylic acids is 1. The lowest BCUT2D eigenvalue weighted by Crippen LogP contribution is -2.50. The Bertz CT molecular complexity index is 925. The minimum Gasteiger partial charge on any atom is -0.493 e. The molecule has 1 amide bonds. The van der Waals surface area contributed by atoms with Gasteiger partial charge in [-0.1, -0.05) is 12.1 Å². The Kier molecular flexibility index (Phi) is 4.71. The molecule has 0 saturated carbocycles. The van der Waals surface area contributed by atoms with Crippen molar-refractivity contribution < 1.29 is 9.53 Å². The summed E-state index contributed by atoms with van der Waals surface area (Å²) >= 11 is 0. The summed E-state index contributed by atoms with van der Waals surface area (Å²) in [7, 11) is 0. The SMILES string of the molecule is CC(Cc1ccc2c(c1)OCC2)N1CCN(c2ncc3c(n2)NCC(=O)N3)CC1. The molecule has 0 bridgehead atoms. The topological polar surface area (TPSA) is 82.6 Å². The van der Waals surface area contributed by atoms with E-state index in [1.54, 1.807) is 6.20 Å². The summed E-state index contributed by atoms with van der Waals surface area (Å²) < 4.78 is 5.71. The second-order valence-electron chi connectivity index (χ2n) is 7.95. The quantitative estimate of drug-likeness (QED) is 0.814. The second kappa shape index (κ2) is 7.51. The first-order valence-electron chi connectivity index (χ1n) is 10.3. The van der Waals surface area contributed by atoms with E-state index >= 15 is 0 Å². The molecule has 8 nitrogen and oxygen atoms in total. The number of carbonyl (C=O) groups is 1. The van der Waals surface area contributed by atoms with Crippen LogP contribution in [0.4, 0.5) is 17.5 Å². The zero-order chi connectivity index (χ0) is 19.8. The van der Waals surface area contributed by atoms with Gasteiger partial charge in [0.25, 0.3) is 0 Å². The van der Waals surface area contributed by atoms with Gasteiger partial charge in [0.1, 0.15) is 11.4 Å². The summed E-state index contributed by atoms with van der Waals surface area (Å²) in [5.74, 6) is 2.42. The summed E-state index contributed by atoms with van der Waals surface area (Å²) in [5.41, 5.74) is 3.32. The fraction of sp³-hybridized carbons (Fsp3) is 0.476. The van der Waals surface area contributed by atoms with Crippen molar-refractivity contribution in [2.24, 2.45) is 0 Å². The van der Waals surface area contributed by atoms with E-state index in [9.17, 15) is 4.79 Å². The highest BCUT2D eigenvalue weighted by Gasteiger charge is 2.25. The Morgan fingerprint density at radius 3 is 2.97 bits per heavy atom. The Morgan fingerprint density at radius 2 is 2.10 bits per heavy atom. The molecule has 3 aliphatic rings. The van der Waals surface area contributed by atoms with Crippen molar-refractivity contribution in [2.45, 2.75) is 25.8 Å². The zero-order valence-corrected chi connectivity index (χ0v) is 16.6. The number of hydrogen-bond acceptors (Lipinski definition) is 7. The van der Waals surface area contributed by atoms with E-state index in [1.165, 1.54) is 11.1 Å². The standard InChI is InChI=1S/C21H26N6O2/c1-14(10-15-2-3-16-4-9-29-18(16)11-15)26-5-7-27(8-6-26)21-23-12-17-20(25-21)22-13-19(28)24-17/h2-3,11-12,14H,4-10,13H2,1H3,(H,24,28)(H,22,23,25). The van der Waals surface area contributed by atoms with Crippen molar-refractivity contribution in [3.8, 4) is 5.75 Å². The van der Waals surface area contributed by atoms with Crippen LogP contribution in [0.15, 0.2) is 24.4 Å². The molecule has 3 aliphatic heterocycles. The minimum absolute atomic E-state index is 0.0635. The third kappa shape index (κ3) is 3.72. The molecule has 8 heteroatoms. The minimum atomic E-state index is -0.0635. The van der Waals surface area contributed by atoms with Crippen LogP contribution in [0.2, 0.25) is 0 Å². The predicted molar refractivity (Wildman–Crippen MR) is 112 cm³/mol.